The highest BCUT2D eigenvalue weighted by molar-refractivity contribution is 6.01. The summed E-state index contributed by atoms with van der Waals surface area (Å²) < 4.78 is 5.18. The van der Waals surface area contributed by atoms with Crippen LogP contribution in [0.1, 0.15) is 22.8 Å². The number of nitrogens with zero attached hydrogens (tertiary/aromatic N) is 2. The molecule has 0 heterocycles. The molecule has 1 N–H and O–H groups in total. The number of ether oxygens (including phenoxy) is 1. The van der Waals surface area contributed by atoms with Crippen molar-refractivity contribution in [2.75, 3.05) is 26.1 Å². The minimum absolute atomic E-state index is 0.238. The first-order chi connectivity index (χ1) is 11.0. The number of benzene rings is 2. The molecule has 0 atom stereocenters. The number of hydrogen-bond donors (Lipinski definition) is 1. The van der Waals surface area contributed by atoms with Gasteiger partial charge >= 0.3 is 0 Å². The van der Waals surface area contributed by atoms with Crippen LogP contribution in [-0.2, 0) is 0 Å². The second-order valence-corrected chi connectivity index (χ2v) is 5.31. The first-order valence-electron chi connectivity index (χ1n) is 7.27. The molecular weight excluding hydrogens is 290 g/mol. The fourth-order valence-corrected chi connectivity index (χ4v) is 2.02. The number of amides is 1. The van der Waals surface area contributed by atoms with Crippen LogP contribution >= 0.6 is 0 Å². The van der Waals surface area contributed by atoms with E-state index in [9.17, 15) is 4.79 Å². The van der Waals surface area contributed by atoms with Crippen LogP contribution < -0.4 is 15.1 Å². The molecule has 0 fully saturated rings. The SMILES string of the molecule is COc1cccc(/C(C)=N/NC(=O)c2ccc(N(C)C)cc2)c1. The number of methoxy groups -OCH3 is 1. The van der Waals surface area contributed by atoms with Crippen molar-refractivity contribution in [3.63, 3.8) is 0 Å². The van der Waals surface area contributed by atoms with Gasteiger partial charge in [0.15, 0.2) is 0 Å². The molecule has 2 aromatic carbocycles. The molecule has 0 radical (unpaired) electrons. The summed E-state index contributed by atoms with van der Waals surface area (Å²) in [4.78, 5) is 14.1. The smallest absolute Gasteiger partial charge is 0.271 e. The number of carbonyl (C=O) groups excluding carboxylic acids is 1. The number of carbonyl (C=O) groups is 1. The maximum absolute atomic E-state index is 12.1. The molecule has 0 unspecified atom stereocenters. The Bertz CT molecular complexity index is 706. The lowest BCUT2D eigenvalue weighted by molar-refractivity contribution is 0.0955. The van der Waals surface area contributed by atoms with E-state index in [1.54, 1.807) is 19.2 Å². The average Bonchev–Trinajstić information content (AvgIpc) is 2.59. The second kappa shape index (κ2) is 7.45. The molecule has 5 nitrogen and oxygen atoms in total. The standard InChI is InChI=1S/C18H21N3O2/c1-13(15-6-5-7-17(12-15)23-4)19-20-18(22)14-8-10-16(11-9-14)21(2)3/h5-12H,1-4H3,(H,20,22)/b19-13+. The molecule has 2 rings (SSSR count). The van der Waals surface area contributed by atoms with Crippen molar-refractivity contribution in [1.82, 2.24) is 5.43 Å². The summed E-state index contributed by atoms with van der Waals surface area (Å²) in [7, 11) is 5.53. The van der Waals surface area contributed by atoms with Gasteiger partial charge in [0.05, 0.1) is 12.8 Å². The van der Waals surface area contributed by atoms with Gasteiger partial charge in [0.1, 0.15) is 5.75 Å². The van der Waals surface area contributed by atoms with Gasteiger partial charge in [0.25, 0.3) is 5.91 Å². The first kappa shape index (κ1) is 16.5. The van der Waals surface area contributed by atoms with Gasteiger partial charge in [-0.3, -0.25) is 4.79 Å². The summed E-state index contributed by atoms with van der Waals surface area (Å²) in [5.41, 5.74) is 5.79. The van der Waals surface area contributed by atoms with E-state index >= 15 is 0 Å². The number of hydrazone groups is 1. The molecule has 0 aliphatic rings. The van der Waals surface area contributed by atoms with Crippen molar-refractivity contribution >= 4 is 17.3 Å². The van der Waals surface area contributed by atoms with Crippen molar-refractivity contribution in [1.29, 1.82) is 0 Å². The van der Waals surface area contributed by atoms with Gasteiger partial charge in [-0.1, -0.05) is 12.1 Å². The van der Waals surface area contributed by atoms with E-state index in [-0.39, 0.29) is 5.91 Å². The van der Waals surface area contributed by atoms with Crippen LogP contribution in [0.2, 0.25) is 0 Å². The van der Waals surface area contributed by atoms with E-state index in [1.807, 2.05) is 62.3 Å². The molecule has 0 saturated carbocycles. The number of nitrogens with one attached hydrogen (secondary N) is 1. The van der Waals surface area contributed by atoms with Gasteiger partial charge in [-0.15, -0.1) is 0 Å². The average molecular weight is 311 g/mol. The Morgan fingerprint density at radius 1 is 1.09 bits per heavy atom. The lowest BCUT2D eigenvalue weighted by Crippen LogP contribution is -2.19. The molecule has 0 aromatic heterocycles. The van der Waals surface area contributed by atoms with Crippen LogP contribution in [0.15, 0.2) is 53.6 Å². The minimum Gasteiger partial charge on any atom is -0.497 e. The Labute approximate surface area is 136 Å². The number of rotatable bonds is 5. The van der Waals surface area contributed by atoms with Gasteiger partial charge in [-0.05, 0) is 43.3 Å². The second-order valence-electron chi connectivity index (χ2n) is 5.31. The minimum atomic E-state index is -0.238. The lowest BCUT2D eigenvalue weighted by Gasteiger charge is -2.12. The van der Waals surface area contributed by atoms with Crippen molar-refractivity contribution in [2.24, 2.45) is 5.10 Å². The highest BCUT2D eigenvalue weighted by atomic mass is 16.5. The molecule has 1 amide bonds. The third kappa shape index (κ3) is 4.32. The highest BCUT2D eigenvalue weighted by Crippen LogP contribution is 2.14. The topological polar surface area (TPSA) is 53.9 Å². The van der Waals surface area contributed by atoms with E-state index in [1.165, 1.54) is 0 Å². The van der Waals surface area contributed by atoms with E-state index in [4.69, 9.17) is 4.74 Å². The van der Waals surface area contributed by atoms with Crippen LogP contribution in [-0.4, -0.2) is 32.8 Å². The zero-order valence-corrected chi connectivity index (χ0v) is 13.8. The molecule has 0 saturated heterocycles. The predicted octanol–water partition coefficient (Wildman–Crippen LogP) is 2.92. The lowest BCUT2D eigenvalue weighted by atomic mass is 10.1. The van der Waals surface area contributed by atoms with Crippen LogP contribution in [0.5, 0.6) is 5.75 Å². The summed E-state index contributed by atoms with van der Waals surface area (Å²) >= 11 is 0. The van der Waals surface area contributed by atoms with Crippen LogP contribution in [0, 0.1) is 0 Å². The number of hydrogen-bond acceptors (Lipinski definition) is 4. The van der Waals surface area contributed by atoms with Gasteiger partial charge in [-0.2, -0.15) is 5.10 Å². The first-order valence-corrected chi connectivity index (χ1v) is 7.27. The normalized spacial score (nSPS) is 11.0. The predicted molar refractivity (Wildman–Crippen MR) is 93.4 cm³/mol. The number of anilines is 1. The molecule has 0 spiro atoms. The quantitative estimate of drug-likeness (QED) is 0.682. The van der Waals surface area contributed by atoms with Crippen molar-refractivity contribution in [3.8, 4) is 5.75 Å². The zero-order chi connectivity index (χ0) is 16.8. The third-order valence-corrected chi connectivity index (χ3v) is 3.46. The summed E-state index contributed by atoms with van der Waals surface area (Å²) in [6.45, 7) is 1.84. The monoisotopic (exact) mass is 311 g/mol. The molecular formula is C18H21N3O2. The molecule has 120 valence electrons. The fourth-order valence-electron chi connectivity index (χ4n) is 2.02. The van der Waals surface area contributed by atoms with Crippen LogP contribution in [0.3, 0.4) is 0 Å². The highest BCUT2D eigenvalue weighted by Gasteiger charge is 2.06. The fraction of sp³-hybridized carbons (Fsp3) is 0.222. The van der Waals surface area contributed by atoms with Crippen molar-refractivity contribution in [3.05, 3.63) is 59.7 Å². The maximum Gasteiger partial charge on any atom is 0.271 e. The third-order valence-electron chi connectivity index (χ3n) is 3.46. The van der Waals surface area contributed by atoms with E-state index in [2.05, 4.69) is 10.5 Å². The Morgan fingerprint density at radius 2 is 1.78 bits per heavy atom. The molecule has 2 aromatic rings. The molecule has 23 heavy (non-hydrogen) atoms. The molecule has 0 aliphatic carbocycles. The summed E-state index contributed by atoms with van der Waals surface area (Å²) in [6, 6.07) is 14.9. The summed E-state index contributed by atoms with van der Waals surface area (Å²) in [5, 5.41) is 4.15. The molecule has 0 bridgehead atoms. The Balaban J connectivity index is 2.07. The Hall–Kier alpha value is -2.82. The van der Waals surface area contributed by atoms with Gasteiger partial charge in [0.2, 0.25) is 0 Å². The van der Waals surface area contributed by atoms with E-state index in [0.717, 1.165) is 17.0 Å². The molecule has 5 heteroatoms. The van der Waals surface area contributed by atoms with E-state index < -0.39 is 0 Å². The zero-order valence-electron chi connectivity index (χ0n) is 13.8. The van der Waals surface area contributed by atoms with Gasteiger partial charge in [-0.25, -0.2) is 5.43 Å². The molecule has 0 aliphatic heterocycles. The van der Waals surface area contributed by atoms with Crippen LogP contribution in [0.4, 0.5) is 5.69 Å². The van der Waals surface area contributed by atoms with Crippen LogP contribution in [0.25, 0.3) is 0 Å². The van der Waals surface area contributed by atoms with Crippen molar-refractivity contribution < 1.29 is 9.53 Å². The Kier molecular flexibility index (Phi) is 5.36. The van der Waals surface area contributed by atoms with Gasteiger partial charge in [0, 0.05) is 30.9 Å². The van der Waals surface area contributed by atoms with Crippen molar-refractivity contribution in [2.45, 2.75) is 6.92 Å². The largest absolute Gasteiger partial charge is 0.497 e. The maximum atomic E-state index is 12.1. The van der Waals surface area contributed by atoms with Gasteiger partial charge < -0.3 is 9.64 Å². The Morgan fingerprint density at radius 3 is 2.39 bits per heavy atom. The van der Waals surface area contributed by atoms with E-state index in [0.29, 0.717) is 11.3 Å². The summed E-state index contributed by atoms with van der Waals surface area (Å²) in [6.07, 6.45) is 0. The summed E-state index contributed by atoms with van der Waals surface area (Å²) in [5.74, 6) is 0.514.